The summed E-state index contributed by atoms with van der Waals surface area (Å²) in [6.45, 7) is 2.08. The number of thioether (sulfide) groups is 1. The Labute approximate surface area is 105 Å². The summed E-state index contributed by atoms with van der Waals surface area (Å²) in [5, 5.41) is 0. The number of benzene rings is 1. The Morgan fingerprint density at radius 1 is 1.18 bits per heavy atom. The number of hydrogen-bond acceptors (Lipinski definition) is 5. The van der Waals surface area contributed by atoms with Gasteiger partial charge < -0.3 is 5.43 Å². The van der Waals surface area contributed by atoms with Crippen LogP contribution in [-0.4, -0.2) is 9.97 Å². The highest BCUT2D eigenvalue weighted by atomic mass is 32.2. The van der Waals surface area contributed by atoms with Crippen molar-refractivity contribution in [3.05, 3.63) is 47.9 Å². The second-order valence-corrected chi connectivity index (χ2v) is 4.69. The van der Waals surface area contributed by atoms with E-state index in [2.05, 4.69) is 46.6 Å². The molecule has 0 amide bonds. The van der Waals surface area contributed by atoms with E-state index >= 15 is 0 Å². The van der Waals surface area contributed by atoms with Crippen LogP contribution in [0.2, 0.25) is 0 Å². The number of rotatable bonds is 4. The Bertz CT molecular complexity index is 467. The maximum absolute atomic E-state index is 5.22. The highest BCUT2D eigenvalue weighted by Gasteiger charge is 1.98. The predicted molar refractivity (Wildman–Crippen MR) is 70.6 cm³/mol. The van der Waals surface area contributed by atoms with Crippen LogP contribution in [0.3, 0.4) is 0 Å². The molecule has 3 N–H and O–H groups in total. The molecule has 2 rings (SSSR count). The number of hydrazine groups is 1. The van der Waals surface area contributed by atoms with Crippen LogP contribution in [0.5, 0.6) is 0 Å². The van der Waals surface area contributed by atoms with Crippen molar-refractivity contribution in [2.45, 2.75) is 17.6 Å². The molecular formula is C12H14N4S. The molecule has 0 unspecified atom stereocenters. The lowest BCUT2D eigenvalue weighted by molar-refractivity contribution is 1.08. The van der Waals surface area contributed by atoms with Gasteiger partial charge in [-0.3, -0.25) is 4.98 Å². The average molecular weight is 246 g/mol. The highest BCUT2D eigenvalue weighted by Crippen LogP contribution is 2.21. The molecule has 1 heterocycles. The number of aromatic nitrogens is 2. The highest BCUT2D eigenvalue weighted by molar-refractivity contribution is 7.98. The molecule has 0 bridgehead atoms. The van der Waals surface area contributed by atoms with E-state index in [0.717, 1.165) is 11.4 Å². The molecular weight excluding hydrogens is 232 g/mol. The smallest absolute Gasteiger partial charge is 0.158 e. The molecule has 5 heteroatoms. The number of nitrogens with one attached hydrogen (secondary N) is 1. The van der Waals surface area contributed by atoms with Gasteiger partial charge in [0.1, 0.15) is 0 Å². The molecule has 0 spiro atoms. The van der Waals surface area contributed by atoms with E-state index in [1.54, 1.807) is 24.2 Å². The number of aryl methyl sites for hydroxylation is 1. The van der Waals surface area contributed by atoms with Crippen LogP contribution in [0.15, 0.2) is 41.6 Å². The molecule has 2 aromatic rings. The standard InChI is InChI=1S/C12H14N4S/c1-9-2-4-11(5-3-9)17-8-10-6-15-12(16-13)7-14-10/h2-7H,8,13H2,1H3,(H,15,16). The van der Waals surface area contributed by atoms with Gasteiger partial charge in [0.05, 0.1) is 18.1 Å². The van der Waals surface area contributed by atoms with E-state index in [1.807, 2.05) is 0 Å². The molecule has 0 radical (unpaired) electrons. The third-order valence-electron chi connectivity index (χ3n) is 2.26. The number of nitrogens with two attached hydrogens (primary N) is 1. The Morgan fingerprint density at radius 3 is 2.53 bits per heavy atom. The molecule has 0 atom stereocenters. The van der Waals surface area contributed by atoms with E-state index in [0.29, 0.717) is 5.82 Å². The Morgan fingerprint density at radius 2 is 1.94 bits per heavy atom. The molecule has 0 saturated carbocycles. The van der Waals surface area contributed by atoms with Gasteiger partial charge in [-0.05, 0) is 19.1 Å². The lowest BCUT2D eigenvalue weighted by Crippen LogP contribution is -2.08. The van der Waals surface area contributed by atoms with Crippen LogP contribution in [0.1, 0.15) is 11.3 Å². The van der Waals surface area contributed by atoms with Gasteiger partial charge >= 0.3 is 0 Å². The number of nitrogen functional groups attached to an aromatic ring is 1. The number of nitrogens with zero attached hydrogens (tertiary/aromatic N) is 2. The van der Waals surface area contributed by atoms with Crippen molar-refractivity contribution in [1.29, 1.82) is 0 Å². The van der Waals surface area contributed by atoms with Crippen molar-refractivity contribution in [2.75, 3.05) is 5.43 Å². The van der Waals surface area contributed by atoms with Gasteiger partial charge in [0.25, 0.3) is 0 Å². The van der Waals surface area contributed by atoms with Crippen molar-refractivity contribution < 1.29 is 0 Å². The summed E-state index contributed by atoms with van der Waals surface area (Å²) in [4.78, 5) is 9.60. The lowest BCUT2D eigenvalue weighted by atomic mass is 10.2. The fourth-order valence-corrected chi connectivity index (χ4v) is 2.09. The summed E-state index contributed by atoms with van der Waals surface area (Å²) >= 11 is 1.74. The SMILES string of the molecule is Cc1ccc(SCc2cnc(NN)cn2)cc1. The molecule has 0 aliphatic rings. The first-order valence-corrected chi connectivity index (χ1v) is 6.23. The van der Waals surface area contributed by atoms with Crippen molar-refractivity contribution in [2.24, 2.45) is 5.84 Å². The zero-order valence-corrected chi connectivity index (χ0v) is 10.4. The molecule has 1 aromatic carbocycles. The zero-order valence-electron chi connectivity index (χ0n) is 9.55. The molecule has 0 saturated heterocycles. The first-order valence-electron chi connectivity index (χ1n) is 5.25. The van der Waals surface area contributed by atoms with Crippen LogP contribution in [-0.2, 0) is 5.75 Å². The predicted octanol–water partition coefficient (Wildman–Crippen LogP) is 2.36. The van der Waals surface area contributed by atoms with Gasteiger partial charge in [0.15, 0.2) is 5.82 Å². The van der Waals surface area contributed by atoms with Crippen LogP contribution in [0.25, 0.3) is 0 Å². The number of hydrogen-bond donors (Lipinski definition) is 2. The van der Waals surface area contributed by atoms with Crippen molar-refractivity contribution in [3.63, 3.8) is 0 Å². The van der Waals surface area contributed by atoms with Crippen LogP contribution < -0.4 is 11.3 Å². The van der Waals surface area contributed by atoms with E-state index in [4.69, 9.17) is 5.84 Å². The third kappa shape index (κ3) is 3.44. The number of anilines is 1. The second-order valence-electron chi connectivity index (χ2n) is 3.64. The summed E-state index contributed by atoms with van der Waals surface area (Å²) in [5.41, 5.74) is 4.66. The van der Waals surface area contributed by atoms with Gasteiger partial charge in [0, 0.05) is 10.6 Å². The first kappa shape index (κ1) is 11.9. The Hall–Kier alpha value is -1.59. The largest absolute Gasteiger partial charge is 0.307 e. The molecule has 0 aliphatic carbocycles. The van der Waals surface area contributed by atoms with E-state index < -0.39 is 0 Å². The third-order valence-corrected chi connectivity index (χ3v) is 3.31. The van der Waals surface area contributed by atoms with Gasteiger partial charge in [-0.25, -0.2) is 10.8 Å². The minimum absolute atomic E-state index is 0.578. The summed E-state index contributed by atoms with van der Waals surface area (Å²) in [6, 6.07) is 8.44. The lowest BCUT2D eigenvalue weighted by Gasteiger charge is -2.03. The summed E-state index contributed by atoms with van der Waals surface area (Å²) in [7, 11) is 0. The molecule has 1 aromatic heterocycles. The minimum Gasteiger partial charge on any atom is -0.307 e. The normalized spacial score (nSPS) is 10.2. The van der Waals surface area contributed by atoms with Gasteiger partial charge in [0.2, 0.25) is 0 Å². The van der Waals surface area contributed by atoms with Crippen LogP contribution in [0.4, 0.5) is 5.82 Å². The van der Waals surface area contributed by atoms with Crippen molar-refractivity contribution in [1.82, 2.24) is 9.97 Å². The van der Waals surface area contributed by atoms with Crippen molar-refractivity contribution in [3.8, 4) is 0 Å². The minimum atomic E-state index is 0.578. The van der Waals surface area contributed by atoms with Crippen LogP contribution >= 0.6 is 11.8 Å². The maximum atomic E-state index is 5.22. The summed E-state index contributed by atoms with van der Waals surface area (Å²) < 4.78 is 0. The zero-order chi connectivity index (χ0) is 12.1. The Balaban J connectivity index is 1.95. The van der Waals surface area contributed by atoms with Crippen molar-refractivity contribution >= 4 is 17.6 Å². The van der Waals surface area contributed by atoms with Gasteiger partial charge in [-0.1, -0.05) is 17.7 Å². The van der Waals surface area contributed by atoms with Gasteiger partial charge in [-0.2, -0.15) is 0 Å². The molecule has 0 fully saturated rings. The molecule has 4 nitrogen and oxygen atoms in total. The molecule has 88 valence electrons. The first-order chi connectivity index (χ1) is 8.28. The summed E-state index contributed by atoms with van der Waals surface area (Å²) in [6.07, 6.45) is 3.36. The average Bonchev–Trinajstić information content (AvgIpc) is 2.39. The van der Waals surface area contributed by atoms with E-state index in [-0.39, 0.29) is 0 Å². The fraction of sp³-hybridized carbons (Fsp3) is 0.167. The monoisotopic (exact) mass is 246 g/mol. The maximum Gasteiger partial charge on any atom is 0.158 e. The Kier molecular flexibility index (Phi) is 3.95. The van der Waals surface area contributed by atoms with Crippen LogP contribution in [0, 0.1) is 6.92 Å². The second kappa shape index (κ2) is 5.65. The fourth-order valence-electron chi connectivity index (χ4n) is 1.30. The van der Waals surface area contributed by atoms with Gasteiger partial charge in [-0.15, -0.1) is 11.8 Å². The molecule has 17 heavy (non-hydrogen) atoms. The summed E-state index contributed by atoms with van der Waals surface area (Å²) in [5.74, 6) is 6.61. The quantitative estimate of drug-likeness (QED) is 0.492. The molecule has 0 aliphatic heterocycles. The topological polar surface area (TPSA) is 63.8 Å². The van der Waals surface area contributed by atoms with E-state index in [9.17, 15) is 0 Å². The van der Waals surface area contributed by atoms with E-state index in [1.165, 1.54) is 10.5 Å².